The van der Waals surface area contributed by atoms with Crippen LogP contribution in [-0.2, 0) is 20.6 Å². The summed E-state index contributed by atoms with van der Waals surface area (Å²) >= 11 is 0. The average molecular weight is 316 g/mol. The summed E-state index contributed by atoms with van der Waals surface area (Å²) in [6, 6.07) is 10.3. The van der Waals surface area contributed by atoms with Crippen LogP contribution in [0.3, 0.4) is 0 Å². The number of benzene rings is 1. The maximum Gasteiger partial charge on any atom is 0.0645 e. The lowest BCUT2D eigenvalue weighted by Crippen LogP contribution is -2.39. The predicted molar refractivity (Wildman–Crippen MR) is 95.6 cm³/mol. The molecule has 0 fully saturated rings. The molecule has 0 aliphatic carbocycles. The van der Waals surface area contributed by atoms with Crippen LogP contribution in [0.4, 0.5) is 0 Å². The van der Waals surface area contributed by atoms with E-state index < -0.39 is 0 Å². The second-order valence-corrected chi connectivity index (χ2v) is 5.57. The van der Waals surface area contributed by atoms with Crippen molar-refractivity contribution in [2.45, 2.75) is 6.42 Å². The van der Waals surface area contributed by atoms with E-state index in [4.69, 9.17) is 14.2 Å². The van der Waals surface area contributed by atoms with Crippen LogP contribution < -0.4 is 0 Å². The molecule has 1 aromatic carbocycles. The van der Waals surface area contributed by atoms with E-state index in [1.54, 1.807) is 18.2 Å². The molecule has 0 saturated heterocycles. The van der Waals surface area contributed by atoms with E-state index in [1.165, 1.54) is 5.56 Å². The van der Waals surface area contributed by atoms with E-state index in [0.29, 0.717) is 39.6 Å². The molecule has 23 heavy (non-hydrogen) atoms. The molecule has 0 bridgehead atoms. The van der Waals surface area contributed by atoms with Gasteiger partial charge >= 0.3 is 0 Å². The third kappa shape index (κ3) is 7.93. The van der Waals surface area contributed by atoms with Crippen molar-refractivity contribution < 1.29 is 14.2 Å². The van der Waals surface area contributed by atoms with Gasteiger partial charge in [-0.3, -0.25) is 0 Å². The van der Waals surface area contributed by atoms with Crippen molar-refractivity contribution in [1.29, 1.82) is 0 Å². The molecule has 0 aliphatic heterocycles. The van der Waals surface area contributed by atoms with Gasteiger partial charge in [0.25, 0.3) is 0 Å². The van der Waals surface area contributed by atoms with Gasteiger partial charge in [0.2, 0.25) is 0 Å². The zero-order chi connectivity index (χ0) is 16.8. The van der Waals surface area contributed by atoms with Crippen molar-refractivity contribution in [3.05, 3.63) is 73.9 Å². The topological polar surface area (TPSA) is 27.7 Å². The van der Waals surface area contributed by atoms with Gasteiger partial charge in [0.05, 0.1) is 39.6 Å². The SMILES string of the molecule is C=CCOCC(COCC=C)(COCC=C)Cc1ccccc1. The summed E-state index contributed by atoms with van der Waals surface area (Å²) < 4.78 is 17.3. The molecular formula is C20H28O3. The number of rotatable bonds is 14. The summed E-state index contributed by atoms with van der Waals surface area (Å²) in [6.45, 7) is 14.3. The van der Waals surface area contributed by atoms with Gasteiger partial charge in [-0.2, -0.15) is 0 Å². The summed E-state index contributed by atoms with van der Waals surface area (Å²) in [5.41, 5.74) is 0.982. The number of hydrogen-bond acceptors (Lipinski definition) is 3. The Morgan fingerprint density at radius 1 is 0.739 bits per heavy atom. The molecule has 1 aromatic rings. The summed E-state index contributed by atoms with van der Waals surface area (Å²) in [5, 5.41) is 0. The Labute approximate surface area is 140 Å². The molecule has 1 rings (SSSR count). The van der Waals surface area contributed by atoms with E-state index in [9.17, 15) is 0 Å². The molecule has 0 radical (unpaired) electrons. The van der Waals surface area contributed by atoms with Gasteiger partial charge in [0.1, 0.15) is 0 Å². The summed E-state index contributed by atoms with van der Waals surface area (Å²) in [6.07, 6.45) is 6.08. The third-order valence-electron chi connectivity index (χ3n) is 3.35. The lowest BCUT2D eigenvalue weighted by molar-refractivity contribution is -0.0565. The molecule has 0 atom stereocenters. The molecule has 0 saturated carbocycles. The van der Waals surface area contributed by atoms with Crippen molar-refractivity contribution in [3.8, 4) is 0 Å². The second kappa shape index (κ2) is 11.8. The van der Waals surface area contributed by atoms with Crippen LogP contribution in [0.5, 0.6) is 0 Å². The lowest BCUT2D eigenvalue weighted by Gasteiger charge is -2.33. The van der Waals surface area contributed by atoms with E-state index in [2.05, 4.69) is 31.9 Å². The fourth-order valence-corrected chi connectivity index (χ4v) is 2.38. The van der Waals surface area contributed by atoms with E-state index in [0.717, 1.165) is 6.42 Å². The Kier molecular flexibility index (Phi) is 9.96. The standard InChI is InChI=1S/C20H28O3/c1-4-12-21-16-20(17-22-13-5-2,18-23-14-6-3)15-19-10-8-7-9-11-19/h4-11H,1-3,12-18H2. The average Bonchev–Trinajstić information content (AvgIpc) is 2.56. The van der Waals surface area contributed by atoms with Crippen LogP contribution >= 0.6 is 0 Å². The monoisotopic (exact) mass is 316 g/mol. The maximum atomic E-state index is 5.75. The van der Waals surface area contributed by atoms with Crippen LogP contribution in [0.15, 0.2) is 68.3 Å². The Balaban J connectivity index is 2.85. The summed E-state index contributed by atoms with van der Waals surface area (Å²) in [4.78, 5) is 0. The van der Waals surface area contributed by atoms with Crippen molar-refractivity contribution in [2.24, 2.45) is 5.41 Å². The highest BCUT2D eigenvalue weighted by molar-refractivity contribution is 5.17. The molecule has 0 spiro atoms. The highest BCUT2D eigenvalue weighted by atomic mass is 16.5. The fourth-order valence-electron chi connectivity index (χ4n) is 2.38. The quantitative estimate of drug-likeness (QED) is 0.386. The van der Waals surface area contributed by atoms with E-state index in [1.807, 2.05) is 18.2 Å². The van der Waals surface area contributed by atoms with E-state index >= 15 is 0 Å². The van der Waals surface area contributed by atoms with Gasteiger partial charge in [0, 0.05) is 5.41 Å². The molecule has 126 valence electrons. The van der Waals surface area contributed by atoms with Gasteiger partial charge in [-0.05, 0) is 12.0 Å². The first kappa shape index (κ1) is 19.4. The Morgan fingerprint density at radius 2 is 1.17 bits per heavy atom. The zero-order valence-corrected chi connectivity index (χ0v) is 13.9. The van der Waals surface area contributed by atoms with Gasteiger partial charge in [0.15, 0.2) is 0 Å². The molecule has 0 N–H and O–H groups in total. The summed E-state index contributed by atoms with van der Waals surface area (Å²) in [5.74, 6) is 0. The lowest BCUT2D eigenvalue weighted by atomic mass is 9.83. The first-order valence-electron chi connectivity index (χ1n) is 7.86. The van der Waals surface area contributed by atoms with Crippen LogP contribution in [0, 0.1) is 5.41 Å². The minimum atomic E-state index is -0.254. The molecular weight excluding hydrogens is 288 g/mol. The normalized spacial score (nSPS) is 11.1. The Hall–Kier alpha value is -1.68. The zero-order valence-electron chi connectivity index (χ0n) is 13.9. The first-order chi connectivity index (χ1) is 11.3. The molecule has 0 amide bonds. The Bertz CT molecular complexity index is 417. The number of hydrogen-bond donors (Lipinski definition) is 0. The second-order valence-electron chi connectivity index (χ2n) is 5.57. The smallest absolute Gasteiger partial charge is 0.0645 e. The fraction of sp³-hybridized carbons (Fsp3) is 0.400. The van der Waals surface area contributed by atoms with Crippen LogP contribution in [0.25, 0.3) is 0 Å². The molecule has 0 heterocycles. The highest BCUT2D eigenvalue weighted by Gasteiger charge is 2.32. The molecule has 3 heteroatoms. The minimum absolute atomic E-state index is 0.254. The van der Waals surface area contributed by atoms with Gasteiger partial charge < -0.3 is 14.2 Å². The maximum absolute atomic E-state index is 5.75. The Morgan fingerprint density at radius 3 is 1.57 bits per heavy atom. The van der Waals surface area contributed by atoms with Gasteiger partial charge in [-0.25, -0.2) is 0 Å². The van der Waals surface area contributed by atoms with E-state index in [-0.39, 0.29) is 5.41 Å². The van der Waals surface area contributed by atoms with Crippen molar-refractivity contribution in [1.82, 2.24) is 0 Å². The largest absolute Gasteiger partial charge is 0.377 e. The van der Waals surface area contributed by atoms with Crippen molar-refractivity contribution >= 4 is 0 Å². The molecule has 3 nitrogen and oxygen atoms in total. The van der Waals surface area contributed by atoms with Crippen LogP contribution in [0.2, 0.25) is 0 Å². The van der Waals surface area contributed by atoms with Gasteiger partial charge in [-0.15, -0.1) is 19.7 Å². The van der Waals surface area contributed by atoms with Crippen molar-refractivity contribution in [2.75, 3.05) is 39.6 Å². The summed E-state index contributed by atoms with van der Waals surface area (Å²) in [7, 11) is 0. The van der Waals surface area contributed by atoms with Crippen LogP contribution in [-0.4, -0.2) is 39.6 Å². The highest BCUT2D eigenvalue weighted by Crippen LogP contribution is 2.25. The van der Waals surface area contributed by atoms with Crippen LogP contribution in [0.1, 0.15) is 5.56 Å². The molecule has 0 aliphatic rings. The van der Waals surface area contributed by atoms with Crippen molar-refractivity contribution in [3.63, 3.8) is 0 Å². The molecule has 0 unspecified atom stereocenters. The predicted octanol–water partition coefficient (Wildman–Crippen LogP) is 3.82. The molecule has 0 aromatic heterocycles. The third-order valence-corrected chi connectivity index (χ3v) is 3.35. The van der Waals surface area contributed by atoms with Gasteiger partial charge in [-0.1, -0.05) is 48.6 Å². The first-order valence-corrected chi connectivity index (χ1v) is 7.86. The number of ether oxygens (including phenoxy) is 3. The minimum Gasteiger partial charge on any atom is -0.377 e.